The van der Waals surface area contributed by atoms with Gasteiger partial charge in [0.15, 0.2) is 0 Å². The monoisotopic (exact) mass is 324 g/mol. The summed E-state index contributed by atoms with van der Waals surface area (Å²) in [5, 5.41) is 12.1. The summed E-state index contributed by atoms with van der Waals surface area (Å²) >= 11 is 0. The van der Waals surface area contributed by atoms with Crippen molar-refractivity contribution in [3.05, 3.63) is 76.9 Å². The zero-order valence-electron chi connectivity index (χ0n) is 13.3. The number of halogens is 1. The lowest BCUT2D eigenvalue weighted by Crippen LogP contribution is -3.10. The van der Waals surface area contributed by atoms with Crippen LogP contribution >= 0.6 is 0 Å². The summed E-state index contributed by atoms with van der Waals surface area (Å²) < 4.78 is 14.8. The zero-order chi connectivity index (χ0) is 16.4. The summed E-state index contributed by atoms with van der Waals surface area (Å²) in [4.78, 5) is 1.46. The van der Waals surface area contributed by atoms with Crippen molar-refractivity contribution in [3.63, 3.8) is 0 Å². The van der Waals surface area contributed by atoms with Gasteiger partial charge < -0.3 is 4.90 Å². The molecule has 1 aliphatic heterocycles. The van der Waals surface area contributed by atoms with E-state index in [0.29, 0.717) is 6.54 Å². The van der Waals surface area contributed by atoms with Crippen LogP contribution in [0.1, 0.15) is 22.5 Å². The van der Waals surface area contributed by atoms with Gasteiger partial charge in [0, 0.05) is 12.0 Å². The first-order valence-electron chi connectivity index (χ1n) is 8.18. The Morgan fingerprint density at radius 1 is 1.04 bits per heavy atom. The van der Waals surface area contributed by atoms with Gasteiger partial charge in [0.25, 0.3) is 0 Å². The molecule has 6 heteroatoms. The van der Waals surface area contributed by atoms with Crippen molar-refractivity contribution in [2.75, 3.05) is 6.54 Å². The molecule has 1 aromatic heterocycles. The van der Waals surface area contributed by atoms with Crippen molar-refractivity contribution in [3.8, 4) is 0 Å². The number of tetrazole rings is 1. The number of hydrogen-bond donors (Lipinski definition) is 1. The molecule has 1 atom stereocenters. The highest BCUT2D eigenvalue weighted by molar-refractivity contribution is 5.27. The minimum atomic E-state index is -0.230. The predicted molar refractivity (Wildman–Crippen MR) is 86.7 cm³/mol. The first-order valence-corrected chi connectivity index (χ1v) is 8.18. The molecule has 5 nitrogen and oxygen atoms in total. The Morgan fingerprint density at radius 2 is 1.83 bits per heavy atom. The van der Waals surface area contributed by atoms with E-state index in [1.54, 1.807) is 16.8 Å². The van der Waals surface area contributed by atoms with Crippen LogP contribution in [0.15, 0.2) is 48.5 Å². The second kappa shape index (κ2) is 6.49. The first-order chi connectivity index (χ1) is 11.8. The average Bonchev–Trinajstić information content (AvgIpc) is 3.04. The summed E-state index contributed by atoms with van der Waals surface area (Å²) in [6.45, 7) is 3.44. The molecule has 0 spiro atoms. The summed E-state index contributed by atoms with van der Waals surface area (Å²) in [5.41, 5.74) is 3.85. The molecule has 2 heterocycles. The number of rotatable bonds is 4. The van der Waals surface area contributed by atoms with Crippen LogP contribution in [0, 0.1) is 5.82 Å². The van der Waals surface area contributed by atoms with Gasteiger partial charge in [0.2, 0.25) is 5.82 Å². The molecule has 0 radical (unpaired) electrons. The second-order valence-corrected chi connectivity index (χ2v) is 6.25. The van der Waals surface area contributed by atoms with Crippen LogP contribution in [0.5, 0.6) is 0 Å². The lowest BCUT2D eigenvalue weighted by atomic mass is 10.00. The summed E-state index contributed by atoms with van der Waals surface area (Å²) in [5.74, 6) is 0.640. The molecule has 0 amide bonds. The molecule has 1 unspecified atom stereocenters. The van der Waals surface area contributed by atoms with Crippen molar-refractivity contribution in [1.82, 2.24) is 20.2 Å². The number of nitrogens with one attached hydrogen (secondary N) is 1. The Kier molecular flexibility index (Phi) is 4.04. The molecular weight excluding hydrogens is 305 g/mol. The lowest BCUT2D eigenvalue weighted by Gasteiger charge is -2.25. The highest BCUT2D eigenvalue weighted by atomic mass is 19.1. The zero-order valence-corrected chi connectivity index (χ0v) is 13.3. The van der Waals surface area contributed by atoms with Gasteiger partial charge in [-0.3, -0.25) is 0 Å². The average molecular weight is 324 g/mol. The molecule has 1 N–H and O–H groups in total. The van der Waals surface area contributed by atoms with Crippen LogP contribution < -0.4 is 4.90 Å². The van der Waals surface area contributed by atoms with Crippen LogP contribution in [-0.2, 0) is 26.1 Å². The number of aromatic nitrogens is 4. The minimum absolute atomic E-state index is 0.230. The van der Waals surface area contributed by atoms with E-state index >= 15 is 0 Å². The van der Waals surface area contributed by atoms with Gasteiger partial charge in [-0.1, -0.05) is 36.4 Å². The van der Waals surface area contributed by atoms with Gasteiger partial charge in [0.05, 0.1) is 13.1 Å². The van der Waals surface area contributed by atoms with Gasteiger partial charge in [0.1, 0.15) is 18.9 Å². The van der Waals surface area contributed by atoms with Gasteiger partial charge in [-0.2, -0.15) is 0 Å². The Morgan fingerprint density at radius 3 is 2.67 bits per heavy atom. The lowest BCUT2D eigenvalue weighted by molar-refractivity contribution is -0.930. The van der Waals surface area contributed by atoms with Crippen LogP contribution in [0.2, 0.25) is 0 Å². The number of hydrogen-bond acceptors (Lipinski definition) is 3. The van der Waals surface area contributed by atoms with E-state index < -0.39 is 0 Å². The number of quaternary nitrogens is 1. The third-order valence-corrected chi connectivity index (χ3v) is 4.57. The topological polar surface area (TPSA) is 48.0 Å². The van der Waals surface area contributed by atoms with Gasteiger partial charge in [-0.05, 0) is 33.7 Å². The molecule has 0 bridgehead atoms. The smallest absolute Gasteiger partial charge is 0.206 e. The highest BCUT2D eigenvalue weighted by Crippen LogP contribution is 2.11. The Bertz CT molecular complexity index is 827. The van der Waals surface area contributed by atoms with E-state index in [0.717, 1.165) is 37.4 Å². The normalized spacial score (nSPS) is 16.8. The molecule has 2 aromatic carbocycles. The van der Waals surface area contributed by atoms with Gasteiger partial charge >= 0.3 is 0 Å². The molecule has 0 fully saturated rings. The third kappa shape index (κ3) is 3.19. The molecule has 24 heavy (non-hydrogen) atoms. The molecule has 0 saturated carbocycles. The summed E-state index contributed by atoms with van der Waals surface area (Å²) in [6, 6.07) is 15.1. The number of fused-ring (bicyclic) bond motifs is 1. The van der Waals surface area contributed by atoms with Gasteiger partial charge in [-0.25, -0.2) is 9.07 Å². The Labute approximate surface area is 139 Å². The van der Waals surface area contributed by atoms with E-state index in [1.807, 2.05) is 0 Å². The fourth-order valence-electron chi connectivity index (χ4n) is 3.25. The highest BCUT2D eigenvalue weighted by Gasteiger charge is 2.21. The van der Waals surface area contributed by atoms with Crippen LogP contribution in [0.4, 0.5) is 4.39 Å². The first kappa shape index (κ1) is 15.0. The molecule has 122 valence electrons. The number of benzene rings is 2. The maximum atomic E-state index is 13.0. The minimum Gasteiger partial charge on any atom is -0.324 e. The van der Waals surface area contributed by atoms with Crippen molar-refractivity contribution in [2.45, 2.75) is 26.1 Å². The molecule has 0 saturated heterocycles. The SMILES string of the molecule is Fc1ccc(Cn2nnnc2C[NH+]2CCc3ccccc3C2)cc1. The predicted octanol–water partition coefficient (Wildman–Crippen LogP) is 1.00. The Hall–Kier alpha value is -2.60. The number of nitrogens with zero attached hydrogens (tertiary/aromatic N) is 4. The van der Waals surface area contributed by atoms with E-state index in [2.05, 4.69) is 39.8 Å². The second-order valence-electron chi connectivity index (χ2n) is 6.25. The summed E-state index contributed by atoms with van der Waals surface area (Å²) in [7, 11) is 0. The van der Waals surface area contributed by atoms with Crippen LogP contribution in [0.3, 0.4) is 0 Å². The van der Waals surface area contributed by atoms with Crippen LogP contribution in [-0.4, -0.2) is 26.8 Å². The molecular formula is C18H19FN5+. The summed E-state index contributed by atoms with van der Waals surface area (Å²) in [6.07, 6.45) is 1.09. The quantitative estimate of drug-likeness (QED) is 0.779. The molecule has 0 aliphatic carbocycles. The molecule has 1 aliphatic rings. The fraction of sp³-hybridized carbons (Fsp3) is 0.278. The van der Waals surface area contributed by atoms with E-state index in [1.165, 1.54) is 28.2 Å². The Balaban J connectivity index is 1.46. The molecule has 4 rings (SSSR count). The van der Waals surface area contributed by atoms with Crippen molar-refractivity contribution in [1.29, 1.82) is 0 Å². The van der Waals surface area contributed by atoms with Crippen molar-refractivity contribution in [2.24, 2.45) is 0 Å². The van der Waals surface area contributed by atoms with E-state index in [-0.39, 0.29) is 5.82 Å². The largest absolute Gasteiger partial charge is 0.324 e. The standard InChI is InChI=1S/C18H18FN5/c19-17-7-5-14(6-8-17)11-24-18(20-21-22-24)13-23-10-9-15-3-1-2-4-16(15)12-23/h1-8H,9-13H2/p+1. The maximum Gasteiger partial charge on any atom is 0.206 e. The maximum absolute atomic E-state index is 13.0. The van der Waals surface area contributed by atoms with Crippen LogP contribution in [0.25, 0.3) is 0 Å². The van der Waals surface area contributed by atoms with Gasteiger partial charge in [-0.15, -0.1) is 5.10 Å². The van der Waals surface area contributed by atoms with Crippen molar-refractivity contribution >= 4 is 0 Å². The fourth-order valence-corrected chi connectivity index (χ4v) is 3.25. The van der Waals surface area contributed by atoms with Crippen molar-refractivity contribution < 1.29 is 9.29 Å². The van der Waals surface area contributed by atoms with E-state index in [4.69, 9.17) is 0 Å². The molecule has 3 aromatic rings. The third-order valence-electron chi connectivity index (χ3n) is 4.57. The van der Waals surface area contributed by atoms with E-state index in [9.17, 15) is 4.39 Å².